The molecule has 2 N–H and O–H groups in total. The van der Waals surface area contributed by atoms with Crippen LogP contribution in [0.25, 0.3) is 0 Å². The van der Waals surface area contributed by atoms with Gasteiger partial charge in [-0.2, -0.15) is 0 Å². The summed E-state index contributed by atoms with van der Waals surface area (Å²) in [6, 6.07) is 0. The molecule has 0 saturated carbocycles. The second kappa shape index (κ2) is 3.75. The Morgan fingerprint density at radius 3 is 2.50 bits per heavy atom. The molecule has 0 aromatic heterocycles. The van der Waals surface area contributed by atoms with Gasteiger partial charge in [0, 0.05) is 13.2 Å². The highest BCUT2D eigenvalue weighted by molar-refractivity contribution is 4.85. The first kappa shape index (κ1) is 10.0. The third-order valence-electron chi connectivity index (χ3n) is 2.95. The molecule has 2 nitrogen and oxygen atoms in total. The Bertz CT molecular complexity index is 139. The number of hydrogen-bond donors (Lipinski definition) is 2. The fourth-order valence-corrected chi connectivity index (χ4v) is 2.25. The molecule has 0 radical (unpaired) electrons. The Morgan fingerprint density at radius 1 is 1.42 bits per heavy atom. The van der Waals surface area contributed by atoms with Crippen molar-refractivity contribution in [3.05, 3.63) is 0 Å². The average molecular weight is 171 g/mol. The van der Waals surface area contributed by atoms with Gasteiger partial charge >= 0.3 is 0 Å². The molecule has 2 atom stereocenters. The van der Waals surface area contributed by atoms with Crippen LogP contribution in [0.2, 0.25) is 0 Å². The summed E-state index contributed by atoms with van der Waals surface area (Å²) in [5, 5.41) is 12.5. The summed E-state index contributed by atoms with van der Waals surface area (Å²) < 4.78 is 0. The molecule has 1 aliphatic heterocycles. The summed E-state index contributed by atoms with van der Waals surface area (Å²) in [6.45, 7) is 9.23. The van der Waals surface area contributed by atoms with Crippen LogP contribution in [0.15, 0.2) is 0 Å². The van der Waals surface area contributed by atoms with E-state index in [2.05, 4.69) is 26.1 Å². The van der Waals surface area contributed by atoms with Crippen molar-refractivity contribution in [1.29, 1.82) is 0 Å². The van der Waals surface area contributed by atoms with E-state index < -0.39 is 0 Å². The fraction of sp³-hybridized carbons (Fsp3) is 1.00. The van der Waals surface area contributed by atoms with Crippen molar-refractivity contribution in [2.75, 3.05) is 19.7 Å². The lowest BCUT2D eigenvalue weighted by Crippen LogP contribution is -2.43. The van der Waals surface area contributed by atoms with Crippen LogP contribution in [0.3, 0.4) is 0 Å². The number of hydrogen-bond acceptors (Lipinski definition) is 2. The van der Waals surface area contributed by atoms with Crippen molar-refractivity contribution in [1.82, 2.24) is 5.32 Å². The van der Waals surface area contributed by atoms with E-state index in [0.29, 0.717) is 23.9 Å². The normalized spacial score (nSPS) is 32.0. The van der Waals surface area contributed by atoms with E-state index in [1.165, 1.54) is 6.42 Å². The summed E-state index contributed by atoms with van der Waals surface area (Å²) in [4.78, 5) is 0. The molecule has 0 bridgehead atoms. The number of rotatable bonds is 1. The van der Waals surface area contributed by atoms with E-state index in [1.807, 2.05) is 0 Å². The van der Waals surface area contributed by atoms with Crippen LogP contribution in [0, 0.1) is 17.3 Å². The minimum absolute atomic E-state index is 0.328. The zero-order valence-electron chi connectivity index (χ0n) is 8.43. The van der Waals surface area contributed by atoms with Gasteiger partial charge in [-0.1, -0.05) is 20.8 Å². The largest absolute Gasteiger partial charge is 0.396 e. The smallest absolute Gasteiger partial charge is 0.0474 e. The van der Waals surface area contributed by atoms with Gasteiger partial charge in [0.2, 0.25) is 0 Å². The number of aliphatic hydroxyl groups excluding tert-OH is 1. The monoisotopic (exact) mass is 171 g/mol. The van der Waals surface area contributed by atoms with Crippen molar-refractivity contribution in [2.24, 2.45) is 17.3 Å². The summed E-state index contributed by atoms with van der Waals surface area (Å²) in [6.07, 6.45) is 1.20. The Kier molecular flexibility index (Phi) is 3.13. The second-order valence-electron chi connectivity index (χ2n) is 4.91. The first-order valence-electron chi connectivity index (χ1n) is 4.87. The SMILES string of the molecule is CC(C)(C)C1CCNCC1CO. The van der Waals surface area contributed by atoms with Crippen LogP contribution in [0.1, 0.15) is 27.2 Å². The predicted octanol–water partition coefficient (Wildman–Crippen LogP) is 1.25. The molecule has 0 aromatic carbocycles. The molecule has 2 heteroatoms. The van der Waals surface area contributed by atoms with Gasteiger partial charge in [-0.05, 0) is 30.2 Å². The van der Waals surface area contributed by atoms with Crippen LogP contribution in [0.5, 0.6) is 0 Å². The van der Waals surface area contributed by atoms with Crippen molar-refractivity contribution in [2.45, 2.75) is 27.2 Å². The second-order valence-corrected chi connectivity index (χ2v) is 4.91. The number of nitrogens with one attached hydrogen (secondary N) is 1. The lowest BCUT2D eigenvalue weighted by molar-refractivity contribution is 0.0713. The highest BCUT2D eigenvalue weighted by Crippen LogP contribution is 2.35. The highest BCUT2D eigenvalue weighted by Gasteiger charge is 2.33. The van der Waals surface area contributed by atoms with Crippen molar-refractivity contribution >= 4 is 0 Å². The van der Waals surface area contributed by atoms with Crippen LogP contribution in [-0.4, -0.2) is 24.8 Å². The fourth-order valence-electron chi connectivity index (χ4n) is 2.25. The van der Waals surface area contributed by atoms with Crippen LogP contribution < -0.4 is 5.32 Å². The van der Waals surface area contributed by atoms with Crippen molar-refractivity contribution in [3.8, 4) is 0 Å². The van der Waals surface area contributed by atoms with Gasteiger partial charge in [-0.3, -0.25) is 0 Å². The predicted molar refractivity (Wildman–Crippen MR) is 51.0 cm³/mol. The third-order valence-corrected chi connectivity index (χ3v) is 2.95. The van der Waals surface area contributed by atoms with E-state index in [9.17, 15) is 5.11 Å². The van der Waals surface area contributed by atoms with Gasteiger partial charge in [0.1, 0.15) is 0 Å². The molecule has 12 heavy (non-hydrogen) atoms. The molecule has 1 heterocycles. The summed E-state index contributed by atoms with van der Waals surface area (Å²) in [7, 11) is 0. The first-order chi connectivity index (χ1) is 5.55. The van der Waals surface area contributed by atoms with Gasteiger partial charge in [0.15, 0.2) is 0 Å². The van der Waals surface area contributed by atoms with Gasteiger partial charge in [-0.25, -0.2) is 0 Å². The van der Waals surface area contributed by atoms with Gasteiger partial charge in [0.25, 0.3) is 0 Å². The molecule has 0 spiro atoms. The van der Waals surface area contributed by atoms with Gasteiger partial charge in [-0.15, -0.1) is 0 Å². The average Bonchev–Trinajstić information content (AvgIpc) is 2.03. The molecule has 1 aliphatic rings. The third kappa shape index (κ3) is 2.20. The maximum atomic E-state index is 9.18. The Labute approximate surface area is 75.4 Å². The van der Waals surface area contributed by atoms with Gasteiger partial charge in [0.05, 0.1) is 0 Å². The standard InChI is InChI=1S/C10H21NO/c1-10(2,3)9-4-5-11-6-8(9)7-12/h8-9,11-12H,4-7H2,1-3H3. The molecule has 0 amide bonds. The Morgan fingerprint density at radius 2 is 2.08 bits per heavy atom. The molecule has 0 aliphatic carbocycles. The van der Waals surface area contributed by atoms with E-state index in [4.69, 9.17) is 0 Å². The van der Waals surface area contributed by atoms with Crippen LogP contribution >= 0.6 is 0 Å². The molecule has 72 valence electrons. The minimum atomic E-state index is 0.328. The summed E-state index contributed by atoms with van der Waals surface area (Å²) in [5.74, 6) is 1.13. The minimum Gasteiger partial charge on any atom is -0.396 e. The van der Waals surface area contributed by atoms with Gasteiger partial charge < -0.3 is 10.4 Å². The van der Waals surface area contributed by atoms with Crippen molar-refractivity contribution < 1.29 is 5.11 Å². The van der Waals surface area contributed by atoms with E-state index in [1.54, 1.807) is 0 Å². The summed E-state index contributed by atoms with van der Waals surface area (Å²) >= 11 is 0. The zero-order chi connectivity index (χ0) is 9.19. The van der Waals surface area contributed by atoms with E-state index in [0.717, 1.165) is 13.1 Å². The van der Waals surface area contributed by atoms with E-state index in [-0.39, 0.29) is 0 Å². The maximum absolute atomic E-state index is 9.18. The maximum Gasteiger partial charge on any atom is 0.0474 e. The Balaban J connectivity index is 2.59. The van der Waals surface area contributed by atoms with E-state index >= 15 is 0 Å². The summed E-state index contributed by atoms with van der Waals surface area (Å²) in [5.41, 5.74) is 0.343. The highest BCUT2D eigenvalue weighted by atomic mass is 16.3. The quantitative estimate of drug-likeness (QED) is 0.622. The van der Waals surface area contributed by atoms with Crippen LogP contribution in [0.4, 0.5) is 0 Å². The molecule has 1 saturated heterocycles. The lowest BCUT2D eigenvalue weighted by Gasteiger charge is -2.40. The first-order valence-corrected chi connectivity index (χ1v) is 4.87. The molecular weight excluding hydrogens is 150 g/mol. The number of aliphatic hydroxyl groups is 1. The topological polar surface area (TPSA) is 32.3 Å². The lowest BCUT2D eigenvalue weighted by atomic mass is 9.70. The Hall–Kier alpha value is -0.0800. The molecule has 1 fully saturated rings. The number of piperidine rings is 1. The molecule has 0 aromatic rings. The molecule has 2 unspecified atom stereocenters. The van der Waals surface area contributed by atoms with Crippen LogP contribution in [-0.2, 0) is 0 Å². The zero-order valence-corrected chi connectivity index (χ0v) is 8.43. The molecule has 1 rings (SSSR count). The van der Waals surface area contributed by atoms with Crippen molar-refractivity contribution in [3.63, 3.8) is 0 Å². The molecular formula is C10H21NO.